The molecule has 1 heterocycles. The van der Waals surface area contributed by atoms with Gasteiger partial charge in [-0.3, -0.25) is 14.4 Å². The minimum atomic E-state index is -0.842. The Morgan fingerprint density at radius 2 is 1.85 bits per heavy atom. The smallest absolute Gasteiger partial charge is 0.243 e. The Bertz CT molecular complexity index is 516. The summed E-state index contributed by atoms with van der Waals surface area (Å²) in [6.07, 6.45) is 0. The highest BCUT2D eigenvalue weighted by Gasteiger charge is 2.26. The van der Waals surface area contributed by atoms with Crippen LogP contribution in [0.2, 0.25) is 0 Å². The first-order valence-electron chi connectivity index (χ1n) is 5.81. The minimum absolute atomic E-state index is 0.246. The van der Waals surface area contributed by atoms with Crippen molar-refractivity contribution in [2.24, 2.45) is 0 Å². The molecule has 2 amide bonds. The summed E-state index contributed by atoms with van der Waals surface area (Å²) in [6, 6.07) is 3.16. The minimum Gasteiger partial charge on any atom is -0.347 e. The monoisotopic (exact) mass is 296 g/mol. The second kappa shape index (κ2) is 6.99. The number of carbonyl (C=O) groups excluding carboxylic acids is 3. The number of hydrogen-bond acceptors (Lipinski definition) is 6. The van der Waals surface area contributed by atoms with Crippen molar-refractivity contribution in [1.82, 2.24) is 15.1 Å². The number of hydrogen-bond donors (Lipinski definition) is 1. The third kappa shape index (κ3) is 4.61. The van der Waals surface area contributed by atoms with Crippen LogP contribution in [0.25, 0.3) is 0 Å². The van der Waals surface area contributed by atoms with Crippen LogP contribution < -0.4 is 5.32 Å². The molecule has 1 aromatic rings. The maximum atomic E-state index is 11.9. The summed E-state index contributed by atoms with van der Waals surface area (Å²) in [5.41, 5.74) is 0. The first kappa shape index (κ1) is 16.1. The van der Waals surface area contributed by atoms with E-state index in [0.717, 1.165) is 11.8 Å². The third-order valence-corrected chi connectivity index (χ3v) is 3.45. The van der Waals surface area contributed by atoms with Gasteiger partial charge >= 0.3 is 0 Å². The van der Waals surface area contributed by atoms with Gasteiger partial charge in [-0.25, -0.2) is 0 Å². The SMILES string of the molecule is CC(=O)Nc1ccc(SC(C(C)=O)C(=O)N(C)C)nn1. The highest BCUT2D eigenvalue weighted by Crippen LogP contribution is 2.23. The van der Waals surface area contributed by atoms with Crippen molar-refractivity contribution in [2.45, 2.75) is 24.1 Å². The largest absolute Gasteiger partial charge is 0.347 e. The summed E-state index contributed by atoms with van der Waals surface area (Å²) in [5.74, 6) is -0.471. The van der Waals surface area contributed by atoms with Crippen molar-refractivity contribution in [1.29, 1.82) is 0 Å². The van der Waals surface area contributed by atoms with Crippen LogP contribution in [0.4, 0.5) is 5.82 Å². The fourth-order valence-electron chi connectivity index (χ4n) is 1.29. The van der Waals surface area contributed by atoms with Gasteiger partial charge in [0.25, 0.3) is 0 Å². The van der Waals surface area contributed by atoms with E-state index in [2.05, 4.69) is 15.5 Å². The molecular weight excluding hydrogens is 280 g/mol. The first-order chi connectivity index (χ1) is 9.31. The molecular formula is C12H16N4O3S. The molecule has 0 aliphatic carbocycles. The molecule has 0 aliphatic rings. The number of Topliss-reactive ketones (excluding diaryl/α,β-unsaturated/α-hetero) is 1. The number of amides is 2. The Labute approximate surface area is 121 Å². The number of nitrogens with zero attached hydrogens (tertiary/aromatic N) is 3. The molecule has 108 valence electrons. The van der Waals surface area contributed by atoms with E-state index in [1.807, 2.05) is 0 Å². The second-order valence-corrected chi connectivity index (χ2v) is 5.40. The highest BCUT2D eigenvalue weighted by molar-refractivity contribution is 8.01. The van der Waals surface area contributed by atoms with Gasteiger partial charge in [-0.1, -0.05) is 11.8 Å². The molecule has 0 radical (unpaired) electrons. The lowest BCUT2D eigenvalue weighted by Crippen LogP contribution is -2.35. The number of ketones is 1. The molecule has 0 saturated carbocycles. The molecule has 1 unspecified atom stereocenters. The average molecular weight is 296 g/mol. The Balaban J connectivity index is 2.82. The summed E-state index contributed by atoms with van der Waals surface area (Å²) in [6.45, 7) is 2.73. The lowest BCUT2D eigenvalue weighted by atomic mass is 10.3. The topological polar surface area (TPSA) is 92.3 Å². The molecule has 0 fully saturated rings. The molecule has 1 rings (SSSR count). The maximum absolute atomic E-state index is 11.9. The maximum Gasteiger partial charge on any atom is 0.243 e. The zero-order valence-electron chi connectivity index (χ0n) is 11.7. The Morgan fingerprint density at radius 1 is 1.20 bits per heavy atom. The molecule has 20 heavy (non-hydrogen) atoms. The summed E-state index contributed by atoms with van der Waals surface area (Å²) in [7, 11) is 3.18. The van der Waals surface area contributed by atoms with Crippen molar-refractivity contribution in [3.05, 3.63) is 12.1 Å². The molecule has 0 aromatic carbocycles. The molecule has 1 atom stereocenters. The van der Waals surface area contributed by atoms with E-state index >= 15 is 0 Å². The van der Waals surface area contributed by atoms with Crippen LogP contribution in [0, 0.1) is 0 Å². The Kier molecular flexibility index (Phi) is 5.63. The molecule has 1 N–H and O–H groups in total. The molecule has 8 heteroatoms. The van der Waals surface area contributed by atoms with Gasteiger partial charge in [-0.15, -0.1) is 10.2 Å². The second-order valence-electron chi connectivity index (χ2n) is 4.28. The van der Waals surface area contributed by atoms with Crippen LogP contribution in [0.1, 0.15) is 13.8 Å². The molecule has 1 aromatic heterocycles. The van der Waals surface area contributed by atoms with E-state index in [4.69, 9.17) is 0 Å². The van der Waals surface area contributed by atoms with Crippen LogP contribution in [0.3, 0.4) is 0 Å². The average Bonchev–Trinajstić information content (AvgIpc) is 2.35. The zero-order valence-corrected chi connectivity index (χ0v) is 12.5. The Morgan fingerprint density at radius 3 is 2.25 bits per heavy atom. The number of anilines is 1. The van der Waals surface area contributed by atoms with Gasteiger partial charge in [0, 0.05) is 21.0 Å². The number of thioether (sulfide) groups is 1. The summed E-state index contributed by atoms with van der Waals surface area (Å²) >= 11 is 1.03. The van der Waals surface area contributed by atoms with E-state index < -0.39 is 5.25 Å². The van der Waals surface area contributed by atoms with E-state index in [-0.39, 0.29) is 17.6 Å². The van der Waals surface area contributed by atoms with Crippen molar-refractivity contribution >= 4 is 35.2 Å². The quantitative estimate of drug-likeness (QED) is 0.631. The van der Waals surface area contributed by atoms with Gasteiger partial charge < -0.3 is 10.2 Å². The molecule has 0 spiro atoms. The summed E-state index contributed by atoms with van der Waals surface area (Å²) in [4.78, 5) is 35.6. The predicted octanol–water partition coefficient (Wildman–Crippen LogP) is 0.573. The van der Waals surface area contributed by atoms with E-state index in [0.29, 0.717) is 10.8 Å². The van der Waals surface area contributed by atoms with Gasteiger partial charge in [0.2, 0.25) is 11.8 Å². The van der Waals surface area contributed by atoms with E-state index in [1.54, 1.807) is 26.2 Å². The fourth-order valence-corrected chi connectivity index (χ4v) is 2.25. The van der Waals surface area contributed by atoms with E-state index in [1.165, 1.54) is 18.7 Å². The third-order valence-electron chi connectivity index (χ3n) is 2.22. The predicted molar refractivity (Wildman–Crippen MR) is 75.4 cm³/mol. The standard InChI is InChI=1S/C12H16N4O3S/c1-7(17)11(12(19)16(3)4)20-10-6-5-9(14-15-10)13-8(2)18/h5-6,11H,1-4H3,(H,13,14,18). The highest BCUT2D eigenvalue weighted by atomic mass is 32.2. The first-order valence-corrected chi connectivity index (χ1v) is 6.69. The van der Waals surface area contributed by atoms with Crippen molar-refractivity contribution < 1.29 is 14.4 Å². The van der Waals surface area contributed by atoms with Crippen molar-refractivity contribution in [2.75, 3.05) is 19.4 Å². The molecule has 0 aliphatic heterocycles. The summed E-state index contributed by atoms with van der Waals surface area (Å²) < 4.78 is 0. The van der Waals surface area contributed by atoms with Gasteiger partial charge in [0.05, 0.1) is 0 Å². The van der Waals surface area contributed by atoms with Gasteiger partial charge in [-0.05, 0) is 19.1 Å². The lowest BCUT2D eigenvalue weighted by molar-refractivity contribution is -0.132. The van der Waals surface area contributed by atoms with Crippen LogP contribution in [-0.2, 0) is 14.4 Å². The molecule has 0 bridgehead atoms. The van der Waals surface area contributed by atoms with Crippen molar-refractivity contribution in [3.8, 4) is 0 Å². The fraction of sp³-hybridized carbons (Fsp3) is 0.417. The van der Waals surface area contributed by atoms with Crippen molar-refractivity contribution in [3.63, 3.8) is 0 Å². The van der Waals surface area contributed by atoms with Gasteiger partial charge in [-0.2, -0.15) is 0 Å². The number of carbonyl (C=O) groups is 3. The molecule has 0 saturated heterocycles. The molecule has 7 nitrogen and oxygen atoms in total. The number of rotatable bonds is 5. The van der Waals surface area contributed by atoms with Gasteiger partial charge in [0.1, 0.15) is 10.3 Å². The van der Waals surface area contributed by atoms with Crippen LogP contribution in [-0.4, -0.2) is 52.0 Å². The van der Waals surface area contributed by atoms with Crippen LogP contribution in [0.5, 0.6) is 0 Å². The van der Waals surface area contributed by atoms with Crippen LogP contribution in [0.15, 0.2) is 17.2 Å². The Hall–Kier alpha value is -1.96. The zero-order chi connectivity index (χ0) is 15.3. The van der Waals surface area contributed by atoms with E-state index in [9.17, 15) is 14.4 Å². The number of aromatic nitrogens is 2. The summed E-state index contributed by atoms with van der Waals surface area (Å²) in [5, 5.41) is 9.75. The number of nitrogens with one attached hydrogen (secondary N) is 1. The normalized spacial score (nSPS) is 11.6. The van der Waals surface area contributed by atoms with Crippen LogP contribution >= 0.6 is 11.8 Å². The lowest BCUT2D eigenvalue weighted by Gasteiger charge is -2.17. The van der Waals surface area contributed by atoms with Gasteiger partial charge in [0.15, 0.2) is 11.6 Å².